The molecule has 4 heterocycles. The molecule has 0 aromatic carbocycles. The minimum Gasteiger partial charge on any atom is -0.476 e. The highest BCUT2D eigenvalue weighted by Crippen LogP contribution is 2.28. The zero-order valence-corrected chi connectivity index (χ0v) is 25.4. The van der Waals surface area contributed by atoms with E-state index >= 15 is 0 Å². The molecule has 0 aliphatic carbocycles. The van der Waals surface area contributed by atoms with Gasteiger partial charge in [-0.25, -0.2) is 13.4 Å². The molecule has 2 amide bonds. The number of amides is 2. The first kappa shape index (κ1) is 31.8. The minimum absolute atomic E-state index is 0.00990. The lowest BCUT2D eigenvalue weighted by molar-refractivity contribution is -0.133. The minimum atomic E-state index is -3.81. The number of likely N-dealkylation sites (N-methyl/N-ethyl adjacent to an activating group) is 1. The van der Waals surface area contributed by atoms with Crippen molar-refractivity contribution in [2.24, 2.45) is 5.73 Å². The number of aryl methyl sites for hydroxylation is 1. The smallest absolute Gasteiger partial charge is 0.266 e. The van der Waals surface area contributed by atoms with E-state index in [4.69, 9.17) is 15.2 Å². The summed E-state index contributed by atoms with van der Waals surface area (Å²) in [5.74, 6) is -0.834. The van der Waals surface area contributed by atoms with Crippen molar-refractivity contribution < 1.29 is 27.5 Å². The van der Waals surface area contributed by atoms with Crippen LogP contribution in [0.4, 0.5) is 5.69 Å². The maximum atomic E-state index is 13.4. The number of primary amides is 1. The van der Waals surface area contributed by atoms with E-state index in [0.29, 0.717) is 64.7 Å². The van der Waals surface area contributed by atoms with Gasteiger partial charge in [-0.3, -0.25) is 19.2 Å². The fourth-order valence-electron chi connectivity index (χ4n) is 5.08. The summed E-state index contributed by atoms with van der Waals surface area (Å²) in [5, 5.41) is 7.30. The highest BCUT2D eigenvalue weighted by Gasteiger charge is 2.31. The molecule has 15 heteroatoms. The van der Waals surface area contributed by atoms with Gasteiger partial charge >= 0.3 is 0 Å². The Labute approximate surface area is 247 Å². The van der Waals surface area contributed by atoms with Crippen LogP contribution in [-0.2, 0) is 32.5 Å². The first-order valence-electron chi connectivity index (χ1n) is 14.5. The predicted octanol–water partition coefficient (Wildman–Crippen LogP) is 0.394. The van der Waals surface area contributed by atoms with Crippen LogP contribution in [0.1, 0.15) is 43.4 Å². The maximum absolute atomic E-state index is 13.4. The average Bonchev–Trinajstić information content (AvgIpc) is 3.40. The summed E-state index contributed by atoms with van der Waals surface area (Å²) in [5.41, 5.74) is 6.89. The SMILES string of the molecule is CCCc1cc(C(N)=O)n(CCN2CCOC(C(=O)Nc3cc(S(=O)(=O)N4CCN(CC)CC4)cnc3OCC)C2)n1. The Morgan fingerprint density at radius 3 is 2.52 bits per heavy atom. The van der Waals surface area contributed by atoms with Crippen LogP contribution in [-0.4, -0.2) is 121 Å². The number of sulfonamides is 1. The van der Waals surface area contributed by atoms with E-state index in [0.717, 1.165) is 25.1 Å². The largest absolute Gasteiger partial charge is 0.476 e. The molecule has 2 aromatic heterocycles. The van der Waals surface area contributed by atoms with Crippen LogP contribution < -0.4 is 15.8 Å². The molecule has 2 fully saturated rings. The predicted molar refractivity (Wildman–Crippen MR) is 156 cm³/mol. The summed E-state index contributed by atoms with van der Waals surface area (Å²) in [6, 6.07) is 3.12. The number of carbonyl (C=O) groups is 2. The van der Waals surface area contributed by atoms with E-state index < -0.39 is 27.9 Å². The summed E-state index contributed by atoms with van der Waals surface area (Å²) in [6.07, 6.45) is 2.12. The number of pyridine rings is 1. The van der Waals surface area contributed by atoms with Gasteiger partial charge in [-0.15, -0.1) is 0 Å². The highest BCUT2D eigenvalue weighted by atomic mass is 32.2. The van der Waals surface area contributed by atoms with Crippen LogP contribution >= 0.6 is 0 Å². The van der Waals surface area contributed by atoms with Crippen LogP contribution in [0.15, 0.2) is 23.2 Å². The molecule has 0 saturated carbocycles. The lowest BCUT2D eigenvalue weighted by Gasteiger charge is -2.33. The number of anilines is 1. The lowest BCUT2D eigenvalue weighted by Crippen LogP contribution is -2.49. The van der Waals surface area contributed by atoms with Crippen LogP contribution in [0.3, 0.4) is 0 Å². The normalized spacial score (nSPS) is 19.1. The van der Waals surface area contributed by atoms with Crippen LogP contribution in [0.25, 0.3) is 0 Å². The number of rotatable bonds is 13. The third-order valence-electron chi connectivity index (χ3n) is 7.44. The molecule has 1 unspecified atom stereocenters. The van der Waals surface area contributed by atoms with Crippen LogP contribution in [0, 0.1) is 0 Å². The zero-order valence-electron chi connectivity index (χ0n) is 24.6. The molecule has 232 valence electrons. The van der Waals surface area contributed by atoms with Gasteiger partial charge < -0.3 is 25.4 Å². The van der Waals surface area contributed by atoms with Crippen molar-refractivity contribution >= 4 is 27.5 Å². The molecule has 42 heavy (non-hydrogen) atoms. The molecule has 2 aliphatic heterocycles. The monoisotopic (exact) mass is 606 g/mol. The zero-order chi connectivity index (χ0) is 30.3. The maximum Gasteiger partial charge on any atom is 0.266 e. The van der Waals surface area contributed by atoms with E-state index in [1.54, 1.807) is 17.7 Å². The third kappa shape index (κ3) is 7.64. The summed E-state index contributed by atoms with van der Waals surface area (Å²) >= 11 is 0. The van der Waals surface area contributed by atoms with Crippen molar-refractivity contribution in [3.8, 4) is 5.88 Å². The van der Waals surface area contributed by atoms with E-state index in [-0.39, 0.29) is 23.1 Å². The second-order valence-corrected chi connectivity index (χ2v) is 12.2. The van der Waals surface area contributed by atoms with Gasteiger partial charge in [-0.1, -0.05) is 20.3 Å². The average molecular weight is 607 g/mol. The number of piperazine rings is 1. The number of nitrogens with two attached hydrogens (primary N) is 1. The number of aromatic nitrogens is 3. The molecular weight excluding hydrogens is 564 g/mol. The second kappa shape index (κ2) is 14.4. The number of hydrogen-bond acceptors (Lipinski definition) is 10. The molecule has 4 rings (SSSR count). The van der Waals surface area contributed by atoms with Gasteiger partial charge in [0, 0.05) is 45.8 Å². The summed E-state index contributed by atoms with van der Waals surface area (Å²) in [4.78, 5) is 33.7. The Morgan fingerprint density at radius 1 is 1.10 bits per heavy atom. The number of nitrogens with zero attached hydrogens (tertiary/aromatic N) is 6. The van der Waals surface area contributed by atoms with Gasteiger partial charge in [0.2, 0.25) is 15.9 Å². The topological polar surface area (TPSA) is 165 Å². The van der Waals surface area contributed by atoms with E-state index in [9.17, 15) is 18.0 Å². The van der Waals surface area contributed by atoms with Crippen molar-refractivity contribution in [1.29, 1.82) is 0 Å². The number of nitrogens with one attached hydrogen (secondary N) is 1. The fourth-order valence-corrected chi connectivity index (χ4v) is 6.48. The molecule has 1 atom stereocenters. The highest BCUT2D eigenvalue weighted by molar-refractivity contribution is 7.89. The molecule has 2 saturated heterocycles. The van der Waals surface area contributed by atoms with E-state index in [1.165, 1.54) is 16.6 Å². The van der Waals surface area contributed by atoms with E-state index in [1.807, 2.05) is 13.8 Å². The number of carbonyl (C=O) groups excluding carboxylic acids is 2. The van der Waals surface area contributed by atoms with Crippen LogP contribution in [0.5, 0.6) is 5.88 Å². The number of hydrogen-bond donors (Lipinski definition) is 2. The van der Waals surface area contributed by atoms with Crippen molar-refractivity contribution in [3.63, 3.8) is 0 Å². The molecule has 2 aliphatic rings. The Kier molecular flexibility index (Phi) is 10.9. The third-order valence-corrected chi connectivity index (χ3v) is 9.31. The Morgan fingerprint density at radius 2 is 1.86 bits per heavy atom. The molecule has 0 bridgehead atoms. The quantitative estimate of drug-likeness (QED) is 0.326. The molecule has 0 radical (unpaired) electrons. The van der Waals surface area contributed by atoms with Gasteiger partial charge in [0.15, 0.2) is 0 Å². The van der Waals surface area contributed by atoms with Crippen molar-refractivity contribution in [1.82, 2.24) is 28.9 Å². The number of ether oxygens (including phenoxy) is 2. The lowest BCUT2D eigenvalue weighted by atomic mass is 10.2. The molecule has 2 aromatic rings. The van der Waals surface area contributed by atoms with Gasteiger partial charge in [0.25, 0.3) is 11.8 Å². The second-order valence-electron chi connectivity index (χ2n) is 10.3. The molecule has 0 spiro atoms. The Balaban J connectivity index is 1.43. The van der Waals surface area contributed by atoms with Gasteiger partial charge in [0.1, 0.15) is 22.4 Å². The molecular formula is C27H42N8O6S. The van der Waals surface area contributed by atoms with Crippen molar-refractivity contribution in [2.75, 3.05) is 70.9 Å². The summed E-state index contributed by atoms with van der Waals surface area (Å²) in [7, 11) is -3.81. The Bertz CT molecular complexity index is 1340. The molecule has 3 N–H and O–H groups in total. The van der Waals surface area contributed by atoms with Crippen molar-refractivity contribution in [3.05, 3.63) is 29.7 Å². The van der Waals surface area contributed by atoms with Crippen LogP contribution in [0.2, 0.25) is 0 Å². The van der Waals surface area contributed by atoms with Gasteiger partial charge in [-0.05, 0) is 32.0 Å². The fraction of sp³-hybridized carbons (Fsp3) is 0.630. The standard InChI is InChI=1S/C27H42N8O6S/c1-4-7-20-16-23(25(28)36)35(31-20)13-10-33-14-15-41-24(19-33)26(37)30-22-17-21(18-29-27(22)40-6-3)42(38,39)34-11-8-32(5-2)9-12-34/h16-18,24H,4-15,19H2,1-3H3,(H2,28,36)(H,30,37). The van der Waals surface area contributed by atoms with Gasteiger partial charge in [0.05, 0.1) is 31.6 Å². The summed E-state index contributed by atoms with van der Waals surface area (Å²) < 4.78 is 41.2. The van der Waals surface area contributed by atoms with E-state index in [2.05, 4.69) is 25.2 Å². The molecule has 14 nitrogen and oxygen atoms in total. The Hall–Kier alpha value is -3.11. The van der Waals surface area contributed by atoms with Gasteiger partial charge in [-0.2, -0.15) is 9.40 Å². The first-order valence-corrected chi connectivity index (χ1v) is 16.0. The van der Waals surface area contributed by atoms with Crippen molar-refractivity contribution in [2.45, 2.75) is 51.2 Å². The number of morpholine rings is 1. The summed E-state index contributed by atoms with van der Waals surface area (Å²) in [6.45, 7) is 11.3. The first-order chi connectivity index (χ1) is 20.2.